The van der Waals surface area contributed by atoms with Crippen LogP contribution in [0.2, 0.25) is 10.0 Å². The molecule has 0 bridgehead atoms. The fourth-order valence-electron chi connectivity index (χ4n) is 2.89. The minimum Gasteiger partial charge on any atom is -0.288 e. The zero-order valence-corrected chi connectivity index (χ0v) is 15.7. The highest BCUT2D eigenvalue weighted by molar-refractivity contribution is 6.42. The Morgan fingerprint density at radius 2 is 1.56 bits per heavy atom. The normalized spacial score (nSPS) is 11.3. The second-order valence-corrected chi connectivity index (χ2v) is 6.80. The Hall–Kier alpha value is -2.88. The molecule has 0 unspecified atom stereocenters. The lowest BCUT2D eigenvalue weighted by atomic mass is 10.1. The first-order valence-corrected chi connectivity index (χ1v) is 9.10. The summed E-state index contributed by atoms with van der Waals surface area (Å²) >= 11 is 12.1. The van der Waals surface area contributed by atoms with Crippen LogP contribution >= 0.6 is 23.2 Å². The summed E-state index contributed by atoms with van der Waals surface area (Å²) < 4.78 is 1.69. The molecule has 1 heterocycles. The van der Waals surface area contributed by atoms with Gasteiger partial charge in [-0.1, -0.05) is 71.7 Å². The van der Waals surface area contributed by atoms with Crippen molar-refractivity contribution >= 4 is 46.3 Å². The van der Waals surface area contributed by atoms with Gasteiger partial charge >= 0.3 is 0 Å². The largest absolute Gasteiger partial charge is 0.288 e. The minimum absolute atomic E-state index is 0.0828. The molecule has 0 N–H and O–H groups in total. The van der Waals surface area contributed by atoms with Crippen molar-refractivity contribution in [3.05, 3.63) is 104 Å². The van der Waals surface area contributed by atoms with Crippen LogP contribution in [0.25, 0.3) is 28.7 Å². The molecule has 0 aliphatic rings. The van der Waals surface area contributed by atoms with Gasteiger partial charge in [0.15, 0.2) is 0 Å². The van der Waals surface area contributed by atoms with E-state index < -0.39 is 0 Å². The highest BCUT2D eigenvalue weighted by Gasteiger charge is 2.12. The number of para-hydroxylation sites is 1. The molecule has 27 heavy (non-hydrogen) atoms. The molecule has 0 aliphatic heterocycles. The maximum atomic E-state index is 12.6. The molecule has 1 aromatic heterocycles. The van der Waals surface area contributed by atoms with Crippen LogP contribution in [0.3, 0.4) is 0 Å². The van der Waals surface area contributed by atoms with Gasteiger partial charge in [0.1, 0.15) is 5.52 Å². The Kier molecular flexibility index (Phi) is 4.80. The van der Waals surface area contributed by atoms with E-state index in [-0.39, 0.29) is 5.43 Å². The van der Waals surface area contributed by atoms with Gasteiger partial charge in [0.2, 0.25) is 5.43 Å². The lowest BCUT2D eigenvalue weighted by molar-refractivity contribution is 0.902. The van der Waals surface area contributed by atoms with E-state index >= 15 is 0 Å². The number of nitrogens with zero attached hydrogens (tertiary/aromatic N) is 2. The van der Waals surface area contributed by atoms with Gasteiger partial charge in [-0.2, -0.15) is 5.10 Å². The van der Waals surface area contributed by atoms with Crippen LogP contribution in [0.5, 0.6) is 0 Å². The summed E-state index contributed by atoms with van der Waals surface area (Å²) in [5.74, 6) is 0. The first kappa shape index (κ1) is 17.5. The highest BCUT2D eigenvalue weighted by Crippen LogP contribution is 2.25. The van der Waals surface area contributed by atoms with Crippen molar-refractivity contribution in [1.29, 1.82) is 0 Å². The van der Waals surface area contributed by atoms with E-state index in [1.807, 2.05) is 60.7 Å². The van der Waals surface area contributed by atoms with Crippen molar-refractivity contribution in [2.45, 2.75) is 0 Å². The van der Waals surface area contributed by atoms with E-state index in [0.29, 0.717) is 21.3 Å². The topological polar surface area (TPSA) is 34.9 Å². The second kappa shape index (κ2) is 7.39. The maximum absolute atomic E-state index is 12.6. The van der Waals surface area contributed by atoms with Crippen molar-refractivity contribution in [3.8, 4) is 5.69 Å². The van der Waals surface area contributed by atoms with Gasteiger partial charge in [-0.15, -0.1) is 0 Å². The van der Waals surface area contributed by atoms with E-state index in [9.17, 15) is 4.79 Å². The number of fused-ring (bicyclic) bond motifs is 1. The minimum atomic E-state index is -0.0828. The molecule has 0 atom stereocenters. The maximum Gasteiger partial charge on any atom is 0.204 e. The molecule has 132 valence electrons. The summed E-state index contributed by atoms with van der Waals surface area (Å²) in [6.07, 6.45) is 3.78. The molecule has 3 aromatic carbocycles. The molecule has 0 saturated carbocycles. The van der Waals surface area contributed by atoms with E-state index in [1.165, 1.54) is 0 Å². The summed E-state index contributed by atoms with van der Waals surface area (Å²) in [5, 5.41) is 6.46. The molecule has 0 amide bonds. The van der Waals surface area contributed by atoms with Gasteiger partial charge in [-0.25, -0.2) is 4.68 Å². The van der Waals surface area contributed by atoms with Crippen LogP contribution in [0.15, 0.2) is 77.6 Å². The van der Waals surface area contributed by atoms with Crippen LogP contribution in [-0.4, -0.2) is 9.78 Å². The van der Waals surface area contributed by atoms with Crippen molar-refractivity contribution in [3.63, 3.8) is 0 Å². The Bertz CT molecular complexity index is 1210. The van der Waals surface area contributed by atoms with Gasteiger partial charge in [-0.3, -0.25) is 4.79 Å². The van der Waals surface area contributed by atoms with Gasteiger partial charge in [-0.05, 0) is 42.0 Å². The zero-order chi connectivity index (χ0) is 18.8. The lowest BCUT2D eigenvalue weighted by Gasteiger charge is -2.00. The molecule has 0 saturated heterocycles. The summed E-state index contributed by atoms with van der Waals surface area (Å²) in [6, 6.07) is 22.1. The van der Waals surface area contributed by atoms with Gasteiger partial charge < -0.3 is 0 Å². The van der Waals surface area contributed by atoms with E-state index in [1.54, 1.807) is 28.9 Å². The predicted molar refractivity (Wildman–Crippen MR) is 113 cm³/mol. The van der Waals surface area contributed by atoms with Crippen LogP contribution in [0.1, 0.15) is 11.3 Å². The summed E-state index contributed by atoms with van der Waals surface area (Å²) in [7, 11) is 0. The van der Waals surface area contributed by atoms with Crippen molar-refractivity contribution in [2.75, 3.05) is 0 Å². The van der Waals surface area contributed by atoms with Crippen LogP contribution in [0.4, 0.5) is 0 Å². The molecular formula is C22H14Cl2N2O. The third kappa shape index (κ3) is 3.52. The molecular weight excluding hydrogens is 379 g/mol. The number of halogens is 2. The third-order valence-corrected chi connectivity index (χ3v) is 4.92. The molecule has 0 spiro atoms. The van der Waals surface area contributed by atoms with Crippen molar-refractivity contribution in [2.24, 2.45) is 0 Å². The monoisotopic (exact) mass is 392 g/mol. The standard InChI is InChI=1S/C22H14Cl2N2O/c23-18-12-10-15(14-19(18)24)11-13-20-17-8-4-5-9-21(27)22(17)26(25-20)16-6-2-1-3-7-16/h1-14H/b13-11+. The number of aromatic nitrogens is 2. The number of benzene rings is 2. The number of hydrogen-bond donors (Lipinski definition) is 0. The quantitative estimate of drug-likeness (QED) is 0.437. The molecule has 0 aliphatic carbocycles. The average Bonchev–Trinajstić information content (AvgIpc) is 2.94. The van der Waals surface area contributed by atoms with Crippen molar-refractivity contribution in [1.82, 2.24) is 9.78 Å². The molecule has 4 aromatic rings. The first-order chi connectivity index (χ1) is 13.1. The van der Waals surface area contributed by atoms with E-state index in [4.69, 9.17) is 23.2 Å². The van der Waals surface area contributed by atoms with Crippen LogP contribution < -0.4 is 5.43 Å². The first-order valence-electron chi connectivity index (χ1n) is 8.34. The van der Waals surface area contributed by atoms with Gasteiger partial charge in [0, 0.05) is 5.39 Å². The average molecular weight is 393 g/mol. The fraction of sp³-hybridized carbons (Fsp3) is 0. The summed E-state index contributed by atoms with van der Waals surface area (Å²) in [6.45, 7) is 0. The molecule has 3 nitrogen and oxygen atoms in total. The number of hydrogen-bond acceptors (Lipinski definition) is 2. The zero-order valence-electron chi connectivity index (χ0n) is 14.1. The SMILES string of the molecule is O=c1ccccc2c(/C=C/c3ccc(Cl)c(Cl)c3)nn(-c3ccccc3)c12. The molecule has 0 fully saturated rings. The van der Waals surface area contributed by atoms with Gasteiger partial charge in [0.05, 0.1) is 21.4 Å². The highest BCUT2D eigenvalue weighted by atomic mass is 35.5. The third-order valence-electron chi connectivity index (χ3n) is 4.18. The van der Waals surface area contributed by atoms with Crippen molar-refractivity contribution < 1.29 is 0 Å². The molecule has 0 radical (unpaired) electrons. The van der Waals surface area contributed by atoms with Crippen LogP contribution in [0, 0.1) is 0 Å². The smallest absolute Gasteiger partial charge is 0.204 e. The number of rotatable bonds is 3. The summed E-state index contributed by atoms with van der Waals surface area (Å²) in [5.41, 5.74) is 2.89. The second-order valence-electron chi connectivity index (χ2n) is 5.98. The van der Waals surface area contributed by atoms with E-state index in [0.717, 1.165) is 16.6 Å². The Morgan fingerprint density at radius 3 is 2.33 bits per heavy atom. The Morgan fingerprint density at radius 1 is 0.815 bits per heavy atom. The Balaban J connectivity index is 1.90. The fourth-order valence-corrected chi connectivity index (χ4v) is 3.20. The molecule has 5 heteroatoms. The lowest BCUT2D eigenvalue weighted by Crippen LogP contribution is -2.04. The summed E-state index contributed by atoms with van der Waals surface area (Å²) in [4.78, 5) is 12.6. The molecule has 4 rings (SSSR count). The van der Waals surface area contributed by atoms with E-state index in [2.05, 4.69) is 5.10 Å². The van der Waals surface area contributed by atoms with Gasteiger partial charge in [0.25, 0.3) is 0 Å². The predicted octanol–water partition coefficient (Wildman–Crippen LogP) is 5.86. The Labute approximate surface area is 166 Å². The van der Waals surface area contributed by atoms with Crippen LogP contribution in [-0.2, 0) is 0 Å².